The van der Waals surface area contributed by atoms with Crippen molar-refractivity contribution in [3.8, 4) is 5.75 Å². The summed E-state index contributed by atoms with van der Waals surface area (Å²) in [6, 6.07) is 15.2. The van der Waals surface area contributed by atoms with E-state index in [4.69, 9.17) is 13.9 Å². The van der Waals surface area contributed by atoms with Crippen molar-refractivity contribution in [3.63, 3.8) is 0 Å². The first kappa shape index (κ1) is 17.3. The summed E-state index contributed by atoms with van der Waals surface area (Å²) in [5, 5.41) is 0.838. The standard InChI is InChI=1S/C21H20N2O4/c1-25-15-10-8-14(9-11-15)13-26-12-4-7-18-22-19-16-5-2-3-6-17(16)27-21(24)20(19)23-18/h2-3,5-6,8-11H,4,7,12-13H2,1H3,(H,22,23). The normalized spacial score (nSPS) is 11.3. The van der Waals surface area contributed by atoms with Gasteiger partial charge < -0.3 is 18.9 Å². The summed E-state index contributed by atoms with van der Waals surface area (Å²) in [6.07, 6.45) is 1.50. The fraction of sp³-hybridized carbons (Fsp3) is 0.238. The highest BCUT2D eigenvalue weighted by molar-refractivity contribution is 6.00. The van der Waals surface area contributed by atoms with Gasteiger partial charge in [0.15, 0.2) is 5.52 Å². The smallest absolute Gasteiger partial charge is 0.362 e. The van der Waals surface area contributed by atoms with Crippen LogP contribution in [0.1, 0.15) is 17.8 Å². The lowest BCUT2D eigenvalue weighted by molar-refractivity contribution is 0.118. The number of fused-ring (bicyclic) bond motifs is 3. The zero-order chi connectivity index (χ0) is 18.6. The van der Waals surface area contributed by atoms with Crippen molar-refractivity contribution < 1.29 is 13.9 Å². The lowest BCUT2D eigenvalue weighted by Crippen LogP contribution is -2.00. The third-order valence-electron chi connectivity index (χ3n) is 4.43. The van der Waals surface area contributed by atoms with Crippen molar-refractivity contribution in [2.24, 2.45) is 0 Å². The van der Waals surface area contributed by atoms with Crippen LogP contribution in [0.5, 0.6) is 5.75 Å². The number of nitrogens with zero attached hydrogens (tertiary/aromatic N) is 1. The highest BCUT2D eigenvalue weighted by atomic mass is 16.5. The molecule has 0 atom stereocenters. The Morgan fingerprint density at radius 1 is 1.11 bits per heavy atom. The van der Waals surface area contributed by atoms with Gasteiger partial charge in [0.1, 0.15) is 22.7 Å². The van der Waals surface area contributed by atoms with Gasteiger partial charge in [-0.25, -0.2) is 9.78 Å². The van der Waals surface area contributed by atoms with E-state index in [9.17, 15) is 4.79 Å². The maximum atomic E-state index is 12.1. The number of hydrogen-bond donors (Lipinski definition) is 1. The van der Waals surface area contributed by atoms with Crippen LogP contribution in [-0.4, -0.2) is 23.7 Å². The first-order chi connectivity index (χ1) is 13.2. The molecule has 0 saturated carbocycles. The van der Waals surface area contributed by atoms with E-state index < -0.39 is 5.63 Å². The maximum absolute atomic E-state index is 12.1. The Bertz CT molecular complexity index is 1110. The molecule has 6 heteroatoms. The van der Waals surface area contributed by atoms with Crippen molar-refractivity contribution in [1.82, 2.24) is 9.97 Å². The Kier molecular flexibility index (Phi) is 4.89. The molecule has 4 rings (SSSR count). The van der Waals surface area contributed by atoms with Gasteiger partial charge in [0.2, 0.25) is 0 Å². The zero-order valence-corrected chi connectivity index (χ0v) is 15.0. The fourth-order valence-corrected chi connectivity index (χ4v) is 3.04. The summed E-state index contributed by atoms with van der Waals surface area (Å²) in [7, 11) is 1.65. The van der Waals surface area contributed by atoms with Crippen molar-refractivity contribution in [2.45, 2.75) is 19.4 Å². The average Bonchev–Trinajstić information content (AvgIpc) is 3.13. The summed E-state index contributed by atoms with van der Waals surface area (Å²) >= 11 is 0. The number of nitrogens with one attached hydrogen (secondary N) is 1. The van der Waals surface area contributed by atoms with Crippen molar-refractivity contribution in [3.05, 3.63) is 70.3 Å². The maximum Gasteiger partial charge on any atom is 0.362 e. The van der Waals surface area contributed by atoms with E-state index in [1.165, 1.54) is 0 Å². The van der Waals surface area contributed by atoms with Crippen molar-refractivity contribution in [2.75, 3.05) is 13.7 Å². The van der Waals surface area contributed by atoms with Gasteiger partial charge in [-0.2, -0.15) is 0 Å². The lowest BCUT2D eigenvalue weighted by Gasteiger charge is -2.05. The van der Waals surface area contributed by atoms with Crippen molar-refractivity contribution >= 4 is 22.0 Å². The van der Waals surface area contributed by atoms with Crippen LogP contribution in [0, 0.1) is 0 Å². The van der Waals surface area contributed by atoms with Crippen LogP contribution in [0.15, 0.2) is 57.7 Å². The number of benzene rings is 2. The Morgan fingerprint density at radius 2 is 1.93 bits per heavy atom. The van der Waals surface area contributed by atoms with E-state index in [1.807, 2.05) is 42.5 Å². The number of methoxy groups -OCH3 is 1. The van der Waals surface area contributed by atoms with Crippen LogP contribution in [-0.2, 0) is 17.8 Å². The molecule has 27 heavy (non-hydrogen) atoms. The van der Waals surface area contributed by atoms with E-state index in [0.717, 1.165) is 28.9 Å². The van der Waals surface area contributed by atoms with Crippen LogP contribution in [0.2, 0.25) is 0 Å². The molecular weight excluding hydrogens is 344 g/mol. The average molecular weight is 364 g/mol. The third-order valence-corrected chi connectivity index (χ3v) is 4.43. The van der Waals surface area contributed by atoms with Crippen LogP contribution in [0.4, 0.5) is 0 Å². The highest BCUT2D eigenvalue weighted by Gasteiger charge is 2.12. The van der Waals surface area contributed by atoms with E-state index in [2.05, 4.69) is 9.97 Å². The second-order valence-electron chi connectivity index (χ2n) is 6.30. The minimum absolute atomic E-state index is 0.391. The first-order valence-electron chi connectivity index (χ1n) is 8.86. The number of para-hydroxylation sites is 1. The number of ether oxygens (including phenoxy) is 2. The molecule has 0 bridgehead atoms. The molecule has 2 aromatic heterocycles. The predicted octanol–water partition coefficient (Wildman–Crippen LogP) is 3.83. The van der Waals surface area contributed by atoms with Gasteiger partial charge in [0.05, 0.1) is 13.7 Å². The number of H-pyrrole nitrogens is 1. The predicted molar refractivity (Wildman–Crippen MR) is 103 cm³/mol. The second-order valence-corrected chi connectivity index (χ2v) is 6.30. The Morgan fingerprint density at radius 3 is 2.74 bits per heavy atom. The highest BCUT2D eigenvalue weighted by Crippen LogP contribution is 2.21. The van der Waals surface area contributed by atoms with Crippen LogP contribution >= 0.6 is 0 Å². The molecule has 0 radical (unpaired) electrons. The molecule has 0 saturated heterocycles. The summed E-state index contributed by atoms with van der Waals surface area (Å²) in [5.74, 6) is 1.60. The zero-order valence-electron chi connectivity index (χ0n) is 15.0. The molecule has 0 amide bonds. The summed E-state index contributed by atoms with van der Waals surface area (Å²) in [6.45, 7) is 1.16. The second kappa shape index (κ2) is 7.63. The number of hydrogen-bond acceptors (Lipinski definition) is 5. The number of aromatic nitrogens is 2. The summed E-state index contributed by atoms with van der Waals surface area (Å²) < 4.78 is 16.2. The van der Waals surface area contributed by atoms with Gasteiger partial charge in [0, 0.05) is 18.4 Å². The summed E-state index contributed by atoms with van der Waals surface area (Å²) in [5.41, 5.74) is 2.34. The van der Waals surface area contributed by atoms with E-state index in [-0.39, 0.29) is 0 Å². The van der Waals surface area contributed by atoms with Crippen LogP contribution in [0.25, 0.3) is 22.0 Å². The number of imidazole rings is 1. The monoisotopic (exact) mass is 364 g/mol. The number of aromatic amines is 1. The lowest BCUT2D eigenvalue weighted by atomic mass is 10.2. The van der Waals surface area contributed by atoms with Gasteiger partial charge in [-0.3, -0.25) is 0 Å². The molecule has 0 spiro atoms. The topological polar surface area (TPSA) is 77.4 Å². The van der Waals surface area contributed by atoms with E-state index in [1.54, 1.807) is 13.2 Å². The molecule has 4 aromatic rings. The Hall–Kier alpha value is -3.12. The molecule has 0 aliphatic carbocycles. The molecule has 0 aliphatic rings. The van der Waals surface area contributed by atoms with E-state index >= 15 is 0 Å². The largest absolute Gasteiger partial charge is 0.497 e. The third kappa shape index (κ3) is 3.71. The first-order valence-corrected chi connectivity index (χ1v) is 8.86. The number of aryl methyl sites for hydroxylation is 1. The van der Waals surface area contributed by atoms with Crippen molar-refractivity contribution in [1.29, 1.82) is 0 Å². The van der Waals surface area contributed by atoms with Gasteiger partial charge in [-0.1, -0.05) is 24.3 Å². The van der Waals surface area contributed by atoms with E-state index in [0.29, 0.717) is 36.3 Å². The van der Waals surface area contributed by atoms with Crippen LogP contribution in [0.3, 0.4) is 0 Å². The van der Waals surface area contributed by atoms with Crippen LogP contribution < -0.4 is 10.4 Å². The fourth-order valence-electron chi connectivity index (χ4n) is 3.04. The molecular formula is C21H20N2O4. The summed E-state index contributed by atoms with van der Waals surface area (Å²) in [4.78, 5) is 19.8. The molecule has 2 heterocycles. The molecule has 2 aromatic carbocycles. The SMILES string of the molecule is COc1ccc(COCCCc2nc3c([nH]2)c(=O)oc2ccccc23)cc1. The Balaban J connectivity index is 1.37. The van der Waals surface area contributed by atoms with Gasteiger partial charge in [0.25, 0.3) is 0 Å². The molecule has 1 N–H and O–H groups in total. The molecule has 0 aliphatic heterocycles. The Labute approximate surface area is 155 Å². The van der Waals surface area contributed by atoms with Gasteiger partial charge in [-0.05, 0) is 36.2 Å². The molecule has 6 nitrogen and oxygen atoms in total. The minimum Gasteiger partial charge on any atom is -0.497 e. The van der Waals surface area contributed by atoms with Gasteiger partial charge in [-0.15, -0.1) is 0 Å². The van der Waals surface area contributed by atoms with Gasteiger partial charge >= 0.3 is 5.63 Å². The quantitative estimate of drug-likeness (QED) is 0.398. The molecule has 0 unspecified atom stereocenters. The minimum atomic E-state index is -0.391. The molecule has 0 fully saturated rings. The molecule has 138 valence electrons. The number of rotatable bonds is 7.